The summed E-state index contributed by atoms with van der Waals surface area (Å²) >= 11 is 0. The second kappa shape index (κ2) is 6.54. The van der Waals surface area contributed by atoms with E-state index < -0.39 is 23.2 Å². The van der Waals surface area contributed by atoms with Gasteiger partial charge in [-0.15, -0.1) is 0 Å². The zero-order valence-corrected chi connectivity index (χ0v) is 13.5. The van der Waals surface area contributed by atoms with Gasteiger partial charge in [0.1, 0.15) is 11.5 Å². The van der Waals surface area contributed by atoms with Crippen LogP contribution in [0.1, 0.15) is 46.7 Å². The zero-order valence-electron chi connectivity index (χ0n) is 13.5. The van der Waals surface area contributed by atoms with Gasteiger partial charge in [0, 0.05) is 6.20 Å². The Morgan fingerprint density at radius 3 is 2.43 bits per heavy atom. The highest BCUT2D eigenvalue weighted by Crippen LogP contribution is 2.30. The van der Waals surface area contributed by atoms with Crippen LogP contribution >= 0.6 is 0 Å². The van der Waals surface area contributed by atoms with Gasteiger partial charge in [-0.1, -0.05) is 19.9 Å². The number of nitrogens with two attached hydrogens (primary N) is 1. The SMILES string of the molecule is CC(C)C[C@H](C(=O)OC(C)(C)C)[C@@](N)(O)c1ccccn1. The minimum Gasteiger partial charge on any atom is -0.460 e. The molecule has 0 saturated carbocycles. The molecule has 0 aliphatic rings. The van der Waals surface area contributed by atoms with Crippen LogP contribution in [-0.2, 0) is 15.3 Å². The number of esters is 1. The standard InChI is InChI=1S/C16H26N2O3/c1-11(2)10-12(14(19)21-15(3,4)5)16(17,20)13-8-6-7-9-18-13/h6-9,11-12,20H,10,17H2,1-5H3/t12-,16-/m1/s1. The van der Waals surface area contributed by atoms with Crippen LogP contribution in [0.5, 0.6) is 0 Å². The number of hydrogen-bond donors (Lipinski definition) is 2. The van der Waals surface area contributed by atoms with Gasteiger partial charge >= 0.3 is 5.97 Å². The van der Waals surface area contributed by atoms with Gasteiger partial charge in [-0.25, -0.2) is 0 Å². The molecule has 0 aliphatic heterocycles. The molecule has 3 N–H and O–H groups in total. The largest absolute Gasteiger partial charge is 0.460 e. The summed E-state index contributed by atoms with van der Waals surface area (Å²) in [6.45, 7) is 9.28. The monoisotopic (exact) mass is 294 g/mol. The number of ether oxygens (including phenoxy) is 1. The van der Waals surface area contributed by atoms with Crippen molar-refractivity contribution >= 4 is 5.97 Å². The first-order valence-corrected chi connectivity index (χ1v) is 7.19. The predicted molar refractivity (Wildman–Crippen MR) is 81.1 cm³/mol. The minimum atomic E-state index is -1.85. The molecule has 1 aromatic rings. The van der Waals surface area contributed by atoms with Crippen molar-refractivity contribution in [3.05, 3.63) is 30.1 Å². The second-order valence-electron chi connectivity index (χ2n) is 6.76. The third-order valence-corrected chi connectivity index (χ3v) is 3.00. The van der Waals surface area contributed by atoms with Gasteiger partial charge in [0.2, 0.25) is 0 Å². The molecule has 0 aromatic carbocycles. The number of rotatable bonds is 5. The van der Waals surface area contributed by atoms with E-state index in [0.717, 1.165) is 0 Å². The van der Waals surface area contributed by atoms with Crippen molar-refractivity contribution in [1.29, 1.82) is 0 Å². The Labute approximate surface area is 126 Å². The van der Waals surface area contributed by atoms with Crippen LogP contribution in [-0.4, -0.2) is 21.7 Å². The molecule has 118 valence electrons. The summed E-state index contributed by atoms with van der Waals surface area (Å²) in [7, 11) is 0. The second-order valence-corrected chi connectivity index (χ2v) is 6.76. The fourth-order valence-corrected chi connectivity index (χ4v) is 2.08. The summed E-state index contributed by atoms with van der Waals surface area (Å²) in [6, 6.07) is 5.06. The van der Waals surface area contributed by atoms with E-state index in [9.17, 15) is 9.90 Å². The molecule has 0 fully saturated rings. The number of nitrogens with zero attached hydrogens (tertiary/aromatic N) is 1. The summed E-state index contributed by atoms with van der Waals surface area (Å²) in [5, 5.41) is 10.7. The third-order valence-electron chi connectivity index (χ3n) is 3.00. The van der Waals surface area contributed by atoms with Crippen molar-refractivity contribution < 1.29 is 14.6 Å². The number of carbonyl (C=O) groups excluding carboxylic acids is 1. The van der Waals surface area contributed by atoms with Crippen LogP contribution in [0.3, 0.4) is 0 Å². The van der Waals surface area contributed by atoms with E-state index in [4.69, 9.17) is 10.5 Å². The Balaban J connectivity index is 3.09. The summed E-state index contributed by atoms with van der Waals surface area (Å²) in [4.78, 5) is 16.5. The zero-order chi connectivity index (χ0) is 16.3. The van der Waals surface area contributed by atoms with E-state index in [0.29, 0.717) is 6.42 Å². The van der Waals surface area contributed by atoms with E-state index in [1.165, 1.54) is 6.20 Å². The fourth-order valence-electron chi connectivity index (χ4n) is 2.08. The molecule has 0 saturated heterocycles. The molecule has 1 rings (SSSR count). The number of carbonyl (C=O) groups is 1. The summed E-state index contributed by atoms with van der Waals surface area (Å²) < 4.78 is 5.40. The average Bonchev–Trinajstić information content (AvgIpc) is 2.34. The van der Waals surface area contributed by atoms with Gasteiger partial charge in [-0.2, -0.15) is 0 Å². The third kappa shape index (κ3) is 5.10. The van der Waals surface area contributed by atoms with Crippen molar-refractivity contribution in [2.75, 3.05) is 0 Å². The van der Waals surface area contributed by atoms with Crippen LogP contribution in [0.4, 0.5) is 0 Å². The van der Waals surface area contributed by atoms with Crippen LogP contribution in [0.15, 0.2) is 24.4 Å². The number of aromatic nitrogens is 1. The highest BCUT2D eigenvalue weighted by molar-refractivity contribution is 5.74. The maximum Gasteiger partial charge on any atom is 0.314 e. The first-order chi connectivity index (χ1) is 9.54. The summed E-state index contributed by atoms with van der Waals surface area (Å²) in [5.41, 5.74) is 3.82. The van der Waals surface area contributed by atoms with E-state index in [-0.39, 0.29) is 11.6 Å². The van der Waals surface area contributed by atoms with Crippen LogP contribution < -0.4 is 5.73 Å². The van der Waals surface area contributed by atoms with E-state index >= 15 is 0 Å². The molecule has 0 spiro atoms. The van der Waals surface area contributed by atoms with Crippen LogP contribution in [0.25, 0.3) is 0 Å². The molecule has 2 atom stereocenters. The lowest BCUT2D eigenvalue weighted by Gasteiger charge is -2.33. The predicted octanol–water partition coefficient (Wildman–Crippen LogP) is 2.19. The number of hydrogen-bond acceptors (Lipinski definition) is 5. The molecule has 0 radical (unpaired) electrons. The molecule has 0 amide bonds. The Morgan fingerprint density at radius 1 is 1.38 bits per heavy atom. The average molecular weight is 294 g/mol. The number of pyridine rings is 1. The lowest BCUT2D eigenvalue weighted by atomic mass is 9.85. The van der Waals surface area contributed by atoms with Gasteiger partial charge in [0.15, 0.2) is 5.72 Å². The highest BCUT2D eigenvalue weighted by atomic mass is 16.6. The lowest BCUT2D eigenvalue weighted by molar-refractivity contribution is -0.172. The molecule has 21 heavy (non-hydrogen) atoms. The molecule has 0 bridgehead atoms. The van der Waals surface area contributed by atoms with E-state index in [1.807, 2.05) is 13.8 Å². The smallest absolute Gasteiger partial charge is 0.314 e. The quantitative estimate of drug-likeness (QED) is 0.642. The molecular formula is C16H26N2O3. The van der Waals surface area contributed by atoms with Gasteiger partial charge < -0.3 is 9.84 Å². The Morgan fingerprint density at radius 2 is 2.00 bits per heavy atom. The molecular weight excluding hydrogens is 268 g/mol. The first kappa shape index (κ1) is 17.6. The summed E-state index contributed by atoms with van der Waals surface area (Å²) in [6.07, 6.45) is 1.95. The van der Waals surface area contributed by atoms with Crippen molar-refractivity contribution in [2.45, 2.75) is 52.4 Å². The van der Waals surface area contributed by atoms with Gasteiger partial charge in [0.25, 0.3) is 0 Å². The molecule has 5 heteroatoms. The van der Waals surface area contributed by atoms with Crippen LogP contribution in [0.2, 0.25) is 0 Å². The Hall–Kier alpha value is -1.46. The molecule has 1 aromatic heterocycles. The molecule has 5 nitrogen and oxygen atoms in total. The summed E-state index contributed by atoms with van der Waals surface area (Å²) in [5.74, 6) is -1.19. The highest BCUT2D eigenvalue weighted by Gasteiger charge is 2.43. The normalized spacial score (nSPS) is 16.4. The van der Waals surface area contributed by atoms with Crippen molar-refractivity contribution in [3.63, 3.8) is 0 Å². The van der Waals surface area contributed by atoms with Crippen molar-refractivity contribution in [1.82, 2.24) is 4.98 Å². The Bertz CT molecular complexity index is 464. The maximum atomic E-state index is 12.4. The van der Waals surface area contributed by atoms with E-state index in [2.05, 4.69) is 4.98 Å². The fraction of sp³-hybridized carbons (Fsp3) is 0.625. The Kier molecular flexibility index (Phi) is 5.48. The minimum absolute atomic E-state index is 0.182. The van der Waals surface area contributed by atoms with Gasteiger partial charge in [-0.05, 0) is 45.2 Å². The maximum absolute atomic E-state index is 12.4. The molecule has 1 heterocycles. The van der Waals surface area contributed by atoms with Crippen molar-refractivity contribution in [2.24, 2.45) is 17.6 Å². The topological polar surface area (TPSA) is 85.4 Å². The van der Waals surface area contributed by atoms with E-state index in [1.54, 1.807) is 39.0 Å². The van der Waals surface area contributed by atoms with Crippen molar-refractivity contribution in [3.8, 4) is 0 Å². The van der Waals surface area contributed by atoms with Gasteiger partial charge in [0.05, 0.1) is 5.69 Å². The first-order valence-electron chi connectivity index (χ1n) is 7.19. The van der Waals surface area contributed by atoms with Crippen LogP contribution in [0, 0.1) is 11.8 Å². The number of aliphatic hydroxyl groups is 1. The lowest BCUT2D eigenvalue weighted by Crippen LogP contribution is -2.50. The molecule has 0 aliphatic carbocycles. The van der Waals surface area contributed by atoms with Gasteiger partial charge in [-0.3, -0.25) is 15.5 Å². The molecule has 0 unspecified atom stereocenters.